The fourth-order valence-corrected chi connectivity index (χ4v) is 3.89. The number of rotatable bonds is 6. The summed E-state index contributed by atoms with van der Waals surface area (Å²) in [5.74, 6) is 0.805. The molecular formula is C21H27N3O2. The number of aromatic nitrogens is 1. The van der Waals surface area contributed by atoms with Crippen molar-refractivity contribution in [3.05, 3.63) is 36.5 Å². The van der Waals surface area contributed by atoms with Crippen molar-refractivity contribution in [3.8, 4) is 0 Å². The van der Waals surface area contributed by atoms with Gasteiger partial charge in [0, 0.05) is 49.7 Å². The first-order valence-electron chi connectivity index (χ1n) is 9.83. The second kappa shape index (κ2) is 7.52. The molecule has 138 valence electrons. The molecule has 1 aromatic carbocycles. The van der Waals surface area contributed by atoms with E-state index in [2.05, 4.69) is 46.4 Å². The van der Waals surface area contributed by atoms with Gasteiger partial charge in [-0.3, -0.25) is 9.59 Å². The van der Waals surface area contributed by atoms with E-state index in [-0.39, 0.29) is 17.7 Å². The van der Waals surface area contributed by atoms with Crippen LogP contribution < -0.4 is 5.32 Å². The number of hydrogen-bond acceptors (Lipinski definition) is 2. The molecule has 1 aliphatic heterocycles. The van der Waals surface area contributed by atoms with E-state index in [0.717, 1.165) is 51.7 Å². The summed E-state index contributed by atoms with van der Waals surface area (Å²) in [5, 5.41) is 4.34. The third-order valence-electron chi connectivity index (χ3n) is 5.66. The van der Waals surface area contributed by atoms with Crippen molar-refractivity contribution in [2.24, 2.45) is 11.8 Å². The Morgan fingerprint density at radius 1 is 1.00 bits per heavy atom. The molecule has 26 heavy (non-hydrogen) atoms. The number of aryl methyl sites for hydroxylation is 1. The lowest BCUT2D eigenvalue weighted by molar-refractivity contribution is -0.136. The van der Waals surface area contributed by atoms with E-state index in [9.17, 15) is 9.59 Å². The topological polar surface area (TPSA) is 54.3 Å². The lowest BCUT2D eigenvalue weighted by atomic mass is 9.95. The minimum Gasteiger partial charge on any atom is -0.356 e. The number of nitrogens with one attached hydrogen (secondary N) is 1. The van der Waals surface area contributed by atoms with Crippen molar-refractivity contribution in [2.75, 3.05) is 19.6 Å². The maximum atomic E-state index is 12.4. The smallest absolute Gasteiger partial charge is 0.225 e. The van der Waals surface area contributed by atoms with E-state index in [1.807, 2.05) is 4.90 Å². The van der Waals surface area contributed by atoms with Crippen LogP contribution in [0.5, 0.6) is 0 Å². The predicted molar refractivity (Wildman–Crippen MR) is 102 cm³/mol. The van der Waals surface area contributed by atoms with Crippen LogP contribution in [0.25, 0.3) is 10.9 Å². The minimum atomic E-state index is 0.0608. The third-order valence-corrected chi connectivity index (χ3v) is 5.66. The van der Waals surface area contributed by atoms with Crippen LogP contribution >= 0.6 is 0 Å². The average Bonchev–Trinajstić information content (AvgIpc) is 3.45. The molecule has 0 radical (unpaired) electrons. The van der Waals surface area contributed by atoms with Crippen molar-refractivity contribution in [1.29, 1.82) is 0 Å². The van der Waals surface area contributed by atoms with E-state index < -0.39 is 0 Å². The van der Waals surface area contributed by atoms with Crippen LogP contribution in [-0.2, 0) is 16.1 Å². The van der Waals surface area contributed by atoms with Gasteiger partial charge in [0.2, 0.25) is 11.8 Å². The van der Waals surface area contributed by atoms with E-state index in [0.29, 0.717) is 12.5 Å². The minimum absolute atomic E-state index is 0.0608. The first-order valence-corrected chi connectivity index (χ1v) is 9.83. The van der Waals surface area contributed by atoms with Crippen LogP contribution in [0, 0.1) is 11.8 Å². The van der Waals surface area contributed by atoms with Crippen LogP contribution in [0.4, 0.5) is 0 Å². The number of amides is 2. The summed E-state index contributed by atoms with van der Waals surface area (Å²) in [6.07, 6.45) is 6.73. The van der Waals surface area contributed by atoms with Gasteiger partial charge in [0.1, 0.15) is 0 Å². The molecule has 0 bridgehead atoms. The molecule has 5 nitrogen and oxygen atoms in total. The quantitative estimate of drug-likeness (QED) is 0.812. The summed E-state index contributed by atoms with van der Waals surface area (Å²) in [4.78, 5) is 26.4. The van der Waals surface area contributed by atoms with Gasteiger partial charge in [-0.15, -0.1) is 0 Å². The third kappa shape index (κ3) is 3.76. The van der Waals surface area contributed by atoms with Gasteiger partial charge in [0.15, 0.2) is 0 Å². The zero-order chi connectivity index (χ0) is 17.9. The number of carbonyl (C=O) groups excluding carboxylic acids is 2. The molecule has 2 aromatic rings. The fourth-order valence-electron chi connectivity index (χ4n) is 3.89. The Labute approximate surface area is 154 Å². The van der Waals surface area contributed by atoms with E-state index in [4.69, 9.17) is 0 Å². The molecule has 1 aromatic heterocycles. The highest BCUT2D eigenvalue weighted by atomic mass is 16.2. The van der Waals surface area contributed by atoms with Crippen molar-refractivity contribution >= 4 is 22.7 Å². The van der Waals surface area contributed by atoms with Crippen LogP contribution in [-0.4, -0.2) is 40.9 Å². The summed E-state index contributed by atoms with van der Waals surface area (Å²) in [6, 6.07) is 10.5. The number of benzene rings is 1. The normalized spacial score (nSPS) is 18.2. The molecule has 0 spiro atoms. The standard InChI is InChI=1S/C21H27N3O2/c25-20(17-9-14-24(15-10-17)21(26)18-6-7-18)22-11-3-12-23-13-8-16-4-1-2-5-19(16)23/h1-2,4-5,8,13,17-18H,3,6-7,9-12,14-15H2,(H,22,25). The number of likely N-dealkylation sites (tertiary alicyclic amines) is 1. The van der Waals surface area contributed by atoms with Gasteiger partial charge >= 0.3 is 0 Å². The molecule has 2 amide bonds. The number of nitrogens with zero attached hydrogens (tertiary/aromatic N) is 2. The monoisotopic (exact) mass is 353 g/mol. The summed E-state index contributed by atoms with van der Waals surface area (Å²) in [7, 11) is 0. The molecule has 0 unspecified atom stereocenters. The van der Waals surface area contributed by atoms with Crippen molar-refractivity contribution < 1.29 is 9.59 Å². The number of piperidine rings is 1. The maximum absolute atomic E-state index is 12.4. The molecule has 2 heterocycles. The number of fused-ring (bicyclic) bond motifs is 1. The van der Waals surface area contributed by atoms with Crippen LogP contribution in [0.3, 0.4) is 0 Å². The van der Waals surface area contributed by atoms with Crippen LogP contribution in [0.15, 0.2) is 36.5 Å². The predicted octanol–water partition coefficient (Wildman–Crippen LogP) is 2.80. The number of carbonyl (C=O) groups is 2. The van der Waals surface area contributed by atoms with Crippen LogP contribution in [0.1, 0.15) is 32.1 Å². The SMILES string of the molecule is O=C(NCCCn1ccc2ccccc21)C1CCN(C(=O)C2CC2)CC1. The average molecular weight is 353 g/mol. The van der Waals surface area contributed by atoms with Crippen molar-refractivity contribution in [3.63, 3.8) is 0 Å². The first-order chi connectivity index (χ1) is 12.7. The molecule has 1 saturated carbocycles. The lowest BCUT2D eigenvalue weighted by Crippen LogP contribution is -2.43. The summed E-state index contributed by atoms with van der Waals surface area (Å²) in [5.41, 5.74) is 1.24. The maximum Gasteiger partial charge on any atom is 0.225 e. The first kappa shape index (κ1) is 17.1. The molecule has 5 heteroatoms. The van der Waals surface area contributed by atoms with E-state index >= 15 is 0 Å². The van der Waals surface area contributed by atoms with Crippen molar-refractivity contribution in [1.82, 2.24) is 14.8 Å². The van der Waals surface area contributed by atoms with Gasteiger partial charge in [0.05, 0.1) is 0 Å². The molecule has 1 aliphatic carbocycles. The Kier molecular flexibility index (Phi) is 4.96. The highest BCUT2D eigenvalue weighted by Crippen LogP contribution is 2.32. The largest absolute Gasteiger partial charge is 0.356 e. The lowest BCUT2D eigenvalue weighted by Gasteiger charge is -2.31. The Bertz CT molecular complexity index is 785. The molecule has 0 atom stereocenters. The van der Waals surface area contributed by atoms with Gasteiger partial charge in [-0.1, -0.05) is 18.2 Å². The zero-order valence-corrected chi connectivity index (χ0v) is 15.2. The Morgan fingerprint density at radius 3 is 2.54 bits per heavy atom. The summed E-state index contributed by atoms with van der Waals surface area (Å²) in [6.45, 7) is 3.08. The molecule has 1 saturated heterocycles. The number of hydrogen-bond donors (Lipinski definition) is 1. The zero-order valence-electron chi connectivity index (χ0n) is 15.2. The second-order valence-electron chi connectivity index (χ2n) is 7.59. The number of para-hydroxylation sites is 1. The summed E-state index contributed by atoms with van der Waals surface area (Å²) >= 11 is 0. The van der Waals surface area contributed by atoms with Gasteiger partial charge in [0.25, 0.3) is 0 Å². The Hall–Kier alpha value is -2.30. The highest BCUT2D eigenvalue weighted by molar-refractivity contribution is 5.82. The Balaban J connectivity index is 1.18. The molecular weight excluding hydrogens is 326 g/mol. The second-order valence-corrected chi connectivity index (χ2v) is 7.59. The van der Waals surface area contributed by atoms with Gasteiger partial charge in [-0.25, -0.2) is 0 Å². The molecule has 2 aliphatic rings. The molecule has 4 rings (SSSR count). The van der Waals surface area contributed by atoms with Gasteiger partial charge < -0.3 is 14.8 Å². The highest BCUT2D eigenvalue weighted by Gasteiger charge is 2.35. The molecule has 2 fully saturated rings. The summed E-state index contributed by atoms with van der Waals surface area (Å²) < 4.78 is 2.24. The van der Waals surface area contributed by atoms with Gasteiger partial charge in [-0.2, -0.15) is 0 Å². The fraction of sp³-hybridized carbons (Fsp3) is 0.524. The van der Waals surface area contributed by atoms with E-state index in [1.54, 1.807) is 0 Å². The molecule has 1 N–H and O–H groups in total. The van der Waals surface area contributed by atoms with E-state index in [1.165, 1.54) is 10.9 Å². The van der Waals surface area contributed by atoms with Crippen LogP contribution in [0.2, 0.25) is 0 Å². The van der Waals surface area contributed by atoms with Gasteiger partial charge in [-0.05, 0) is 49.6 Å². The Morgan fingerprint density at radius 2 is 1.77 bits per heavy atom. The van der Waals surface area contributed by atoms with Crippen molar-refractivity contribution in [2.45, 2.75) is 38.6 Å².